The number of alkyl halides is 3. The number of nitrogens with zero attached hydrogens (tertiary/aromatic N) is 3. The molecule has 2 aliphatic heterocycles. The Kier molecular flexibility index (Phi) is 4.23. The van der Waals surface area contributed by atoms with Gasteiger partial charge >= 0.3 is 6.18 Å². The first kappa shape index (κ1) is 16.7. The molecular formula is C16H20F3N5. The summed E-state index contributed by atoms with van der Waals surface area (Å²) in [6.07, 6.45) is -1.21. The average Bonchev–Trinajstić information content (AvgIpc) is 2.73. The van der Waals surface area contributed by atoms with E-state index in [0.29, 0.717) is 0 Å². The first-order valence-corrected chi connectivity index (χ1v) is 7.99. The number of hydrogen-bond acceptors (Lipinski definition) is 5. The van der Waals surface area contributed by atoms with Gasteiger partial charge < -0.3 is 10.6 Å². The van der Waals surface area contributed by atoms with Gasteiger partial charge in [-0.3, -0.25) is 0 Å². The predicted molar refractivity (Wildman–Crippen MR) is 86.4 cm³/mol. The van der Waals surface area contributed by atoms with E-state index in [1.54, 1.807) is 0 Å². The zero-order valence-corrected chi connectivity index (χ0v) is 13.8. The van der Waals surface area contributed by atoms with Gasteiger partial charge in [-0.25, -0.2) is 9.98 Å². The van der Waals surface area contributed by atoms with Crippen molar-refractivity contribution in [3.8, 4) is 0 Å². The lowest BCUT2D eigenvalue weighted by Crippen LogP contribution is -2.29. The third kappa shape index (κ3) is 3.22. The largest absolute Gasteiger partial charge is 0.421 e. The molecule has 0 fully saturated rings. The van der Waals surface area contributed by atoms with E-state index in [1.807, 2.05) is 20.8 Å². The summed E-state index contributed by atoms with van der Waals surface area (Å²) in [6.45, 7) is 5.78. The second-order valence-electron chi connectivity index (χ2n) is 6.35. The molecule has 0 aliphatic carbocycles. The topological polar surface area (TPSA) is 62.2 Å². The van der Waals surface area contributed by atoms with Gasteiger partial charge in [-0.1, -0.05) is 0 Å². The number of anilines is 1. The van der Waals surface area contributed by atoms with E-state index in [1.165, 1.54) is 0 Å². The average molecular weight is 339 g/mol. The lowest BCUT2D eigenvalue weighted by atomic mass is 10.0. The Morgan fingerprint density at radius 1 is 1.17 bits per heavy atom. The molecule has 0 saturated carbocycles. The number of aromatic nitrogens is 2. The summed E-state index contributed by atoms with van der Waals surface area (Å²) in [4.78, 5) is 12.3. The summed E-state index contributed by atoms with van der Waals surface area (Å²) in [5, 5.41) is 6.26. The predicted octanol–water partition coefficient (Wildman–Crippen LogP) is 3.82. The molecule has 2 N–H and O–H groups in total. The molecule has 0 radical (unpaired) electrons. The third-order valence-corrected chi connectivity index (χ3v) is 4.48. The molecule has 2 bridgehead atoms. The van der Waals surface area contributed by atoms with Crippen LogP contribution in [0.2, 0.25) is 0 Å². The summed E-state index contributed by atoms with van der Waals surface area (Å²) in [7, 11) is 0. The van der Waals surface area contributed by atoms with Gasteiger partial charge in [0, 0.05) is 17.9 Å². The van der Waals surface area contributed by atoms with Gasteiger partial charge in [-0.05, 0) is 45.6 Å². The molecule has 2 aliphatic rings. The van der Waals surface area contributed by atoms with E-state index in [4.69, 9.17) is 0 Å². The second kappa shape index (κ2) is 6.07. The van der Waals surface area contributed by atoms with Crippen LogP contribution in [-0.2, 0) is 6.18 Å². The van der Waals surface area contributed by atoms with Crippen molar-refractivity contribution in [1.29, 1.82) is 0 Å². The number of fused-ring (bicyclic) bond motifs is 3. The Morgan fingerprint density at radius 2 is 1.92 bits per heavy atom. The number of hydrogen-bond donors (Lipinski definition) is 2. The maximum absolute atomic E-state index is 13.2. The standard InChI is InChI=1S/C16H20F3N5/c1-8-5-4-6-12-13(9(2)10(3)22-12)23-15-20-7-11(16(17,18)19)14(21-8)24-15/h7-8,12,22H,4-6H2,1-3H3,(H,20,21,24)/b23-13-/t8-,12?/m0/s1. The van der Waals surface area contributed by atoms with E-state index in [9.17, 15) is 13.2 Å². The molecule has 0 saturated heterocycles. The maximum atomic E-state index is 13.2. The summed E-state index contributed by atoms with van der Waals surface area (Å²) >= 11 is 0. The molecule has 24 heavy (non-hydrogen) atoms. The quantitative estimate of drug-likeness (QED) is 0.754. The first-order valence-electron chi connectivity index (χ1n) is 7.99. The van der Waals surface area contributed by atoms with Crippen LogP contribution in [0.1, 0.15) is 45.6 Å². The van der Waals surface area contributed by atoms with Gasteiger partial charge in [0.25, 0.3) is 5.95 Å². The molecule has 130 valence electrons. The van der Waals surface area contributed by atoms with E-state index in [0.717, 1.165) is 42.4 Å². The van der Waals surface area contributed by atoms with Crippen LogP contribution >= 0.6 is 0 Å². The maximum Gasteiger partial charge on any atom is 0.421 e. The van der Waals surface area contributed by atoms with Crippen LogP contribution in [-0.4, -0.2) is 27.8 Å². The van der Waals surface area contributed by atoms with Gasteiger partial charge in [0.2, 0.25) is 0 Å². The molecule has 1 aromatic rings. The fraction of sp³-hybridized carbons (Fsp3) is 0.562. The lowest BCUT2D eigenvalue weighted by Gasteiger charge is -2.18. The van der Waals surface area contributed by atoms with Crippen LogP contribution in [0.3, 0.4) is 0 Å². The molecule has 1 aromatic heterocycles. The molecular weight excluding hydrogens is 319 g/mol. The third-order valence-electron chi connectivity index (χ3n) is 4.48. The lowest BCUT2D eigenvalue weighted by molar-refractivity contribution is -0.137. The molecule has 5 nitrogen and oxygen atoms in total. The fourth-order valence-electron chi connectivity index (χ4n) is 3.05. The number of aliphatic imine (C=N–C) groups is 1. The minimum Gasteiger partial charge on any atom is -0.380 e. The van der Waals surface area contributed by atoms with Crippen LogP contribution < -0.4 is 10.6 Å². The van der Waals surface area contributed by atoms with Gasteiger partial charge in [0.1, 0.15) is 11.4 Å². The number of halogens is 3. The monoisotopic (exact) mass is 339 g/mol. The van der Waals surface area contributed by atoms with Crippen LogP contribution in [0, 0.1) is 0 Å². The van der Waals surface area contributed by atoms with Crippen LogP contribution in [0.25, 0.3) is 0 Å². The number of allylic oxidation sites excluding steroid dienone is 1. The minimum atomic E-state index is -4.50. The highest BCUT2D eigenvalue weighted by Crippen LogP contribution is 2.35. The Bertz CT molecular complexity index is 708. The van der Waals surface area contributed by atoms with Crippen molar-refractivity contribution in [3.63, 3.8) is 0 Å². The molecule has 3 heterocycles. The fourth-order valence-corrected chi connectivity index (χ4v) is 3.05. The number of rotatable bonds is 0. The van der Waals surface area contributed by atoms with Crippen molar-refractivity contribution in [2.75, 3.05) is 5.32 Å². The summed E-state index contributed by atoms with van der Waals surface area (Å²) in [5.41, 5.74) is 1.99. The molecule has 2 atom stereocenters. The van der Waals surface area contributed by atoms with Gasteiger partial charge in [-0.15, -0.1) is 0 Å². The minimum absolute atomic E-state index is 0.0513. The van der Waals surface area contributed by atoms with E-state index >= 15 is 0 Å². The Hall–Kier alpha value is -2.12. The zero-order chi connectivity index (χ0) is 17.5. The SMILES string of the molecule is CC1=C(C)/C2=N/c3ncc(C(F)(F)F)c(n3)N[C@@H](C)CCCC2N1. The highest BCUT2D eigenvalue weighted by Gasteiger charge is 2.36. The molecule has 0 aromatic carbocycles. The first-order chi connectivity index (χ1) is 11.3. The molecule has 8 heteroatoms. The van der Waals surface area contributed by atoms with E-state index < -0.39 is 11.7 Å². The summed E-state index contributed by atoms with van der Waals surface area (Å²) in [5.74, 6) is -0.150. The van der Waals surface area contributed by atoms with Gasteiger partial charge in [0.15, 0.2) is 0 Å². The van der Waals surface area contributed by atoms with Crippen LogP contribution in [0.5, 0.6) is 0 Å². The highest BCUT2D eigenvalue weighted by atomic mass is 19.4. The summed E-state index contributed by atoms with van der Waals surface area (Å²) < 4.78 is 39.5. The van der Waals surface area contributed by atoms with Crippen molar-refractivity contribution in [2.24, 2.45) is 4.99 Å². The van der Waals surface area contributed by atoms with E-state index in [-0.39, 0.29) is 23.8 Å². The Labute approximate surface area is 138 Å². The van der Waals surface area contributed by atoms with Gasteiger partial charge in [0.05, 0.1) is 11.8 Å². The molecule has 3 rings (SSSR count). The van der Waals surface area contributed by atoms with Crippen molar-refractivity contribution in [2.45, 2.75) is 58.3 Å². The number of nitrogens with one attached hydrogen (secondary N) is 2. The van der Waals surface area contributed by atoms with Crippen LogP contribution in [0.15, 0.2) is 22.5 Å². The zero-order valence-electron chi connectivity index (χ0n) is 13.8. The Balaban J connectivity index is 2.09. The second-order valence-corrected chi connectivity index (χ2v) is 6.35. The van der Waals surface area contributed by atoms with E-state index in [2.05, 4.69) is 25.6 Å². The molecule has 0 amide bonds. The smallest absolute Gasteiger partial charge is 0.380 e. The molecule has 0 spiro atoms. The Morgan fingerprint density at radius 3 is 2.62 bits per heavy atom. The highest BCUT2D eigenvalue weighted by molar-refractivity contribution is 6.07. The summed E-state index contributed by atoms with van der Waals surface area (Å²) in [6, 6.07) is -0.0587. The van der Waals surface area contributed by atoms with Crippen molar-refractivity contribution in [3.05, 3.63) is 23.0 Å². The van der Waals surface area contributed by atoms with Gasteiger partial charge in [-0.2, -0.15) is 18.2 Å². The van der Waals surface area contributed by atoms with Crippen molar-refractivity contribution in [1.82, 2.24) is 15.3 Å². The molecule has 1 unspecified atom stereocenters. The normalized spacial score (nSPS) is 26.7. The van der Waals surface area contributed by atoms with Crippen LogP contribution in [0.4, 0.5) is 24.9 Å². The van der Waals surface area contributed by atoms with Crippen molar-refractivity contribution >= 4 is 17.5 Å². The van der Waals surface area contributed by atoms with Crippen molar-refractivity contribution < 1.29 is 13.2 Å².